The average Bonchev–Trinajstić information content (AvgIpc) is 3.17. The van der Waals surface area contributed by atoms with Gasteiger partial charge in [-0.3, -0.25) is 4.98 Å². The van der Waals surface area contributed by atoms with E-state index in [0.29, 0.717) is 12.1 Å². The second-order valence-electron chi connectivity index (χ2n) is 5.70. The molecule has 104 valence electrons. The Balaban J connectivity index is 1.66. The number of likely N-dealkylation sites (N-methyl/N-ethyl adjacent to an activating group) is 1. The molecule has 0 spiro atoms. The highest BCUT2D eigenvalue weighted by molar-refractivity contribution is 5.47. The SMILES string of the molecule is CC1OCCC1N(C)c1ccnc(CNC2CC2)c1. The minimum absolute atomic E-state index is 0.311. The molecule has 1 aliphatic carbocycles. The van der Waals surface area contributed by atoms with Crippen molar-refractivity contribution in [2.75, 3.05) is 18.6 Å². The van der Waals surface area contributed by atoms with Crippen molar-refractivity contribution in [1.82, 2.24) is 10.3 Å². The van der Waals surface area contributed by atoms with E-state index in [9.17, 15) is 0 Å². The van der Waals surface area contributed by atoms with Crippen LogP contribution in [0.15, 0.2) is 18.3 Å². The van der Waals surface area contributed by atoms with E-state index in [0.717, 1.165) is 31.3 Å². The molecule has 1 aromatic rings. The summed E-state index contributed by atoms with van der Waals surface area (Å²) in [5, 5.41) is 3.51. The van der Waals surface area contributed by atoms with Crippen LogP contribution >= 0.6 is 0 Å². The molecule has 3 rings (SSSR count). The third-order valence-corrected chi connectivity index (χ3v) is 4.19. The van der Waals surface area contributed by atoms with Crippen molar-refractivity contribution in [3.05, 3.63) is 24.0 Å². The molecule has 19 heavy (non-hydrogen) atoms. The first kappa shape index (κ1) is 12.9. The lowest BCUT2D eigenvalue weighted by Gasteiger charge is -2.29. The molecule has 0 aromatic carbocycles. The Morgan fingerprint density at radius 3 is 2.95 bits per heavy atom. The zero-order chi connectivity index (χ0) is 13.2. The molecule has 4 heteroatoms. The summed E-state index contributed by atoms with van der Waals surface area (Å²) in [6.07, 6.45) is 5.96. The number of hydrogen-bond acceptors (Lipinski definition) is 4. The standard InChI is InChI=1S/C15H23N3O/c1-11-15(6-8-19-11)18(2)14-5-7-16-13(9-14)10-17-12-3-4-12/h5,7,9,11-12,15,17H,3-4,6,8,10H2,1-2H3. The number of hydrogen-bond donors (Lipinski definition) is 1. The fourth-order valence-corrected chi connectivity index (χ4v) is 2.74. The fraction of sp³-hybridized carbons (Fsp3) is 0.667. The van der Waals surface area contributed by atoms with Gasteiger partial charge in [-0.15, -0.1) is 0 Å². The van der Waals surface area contributed by atoms with Gasteiger partial charge in [0.1, 0.15) is 0 Å². The van der Waals surface area contributed by atoms with Crippen LogP contribution in [-0.2, 0) is 11.3 Å². The smallest absolute Gasteiger partial charge is 0.0750 e. The first-order valence-electron chi connectivity index (χ1n) is 7.27. The number of aromatic nitrogens is 1. The molecular formula is C15H23N3O. The first-order valence-corrected chi connectivity index (χ1v) is 7.27. The van der Waals surface area contributed by atoms with Gasteiger partial charge in [-0.1, -0.05) is 0 Å². The van der Waals surface area contributed by atoms with E-state index < -0.39 is 0 Å². The average molecular weight is 261 g/mol. The summed E-state index contributed by atoms with van der Waals surface area (Å²) in [5.74, 6) is 0. The highest BCUT2D eigenvalue weighted by Gasteiger charge is 2.28. The van der Waals surface area contributed by atoms with Gasteiger partial charge in [-0.05, 0) is 38.3 Å². The van der Waals surface area contributed by atoms with Crippen molar-refractivity contribution < 1.29 is 4.74 Å². The Hall–Kier alpha value is -1.13. The normalized spacial score (nSPS) is 26.6. The number of ether oxygens (including phenoxy) is 1. The molecular weight excluding hydrogens is 238 g/mol. The van der Waals surface area contributed by atoms with Crippen LogP contribution in [0, 0.1) is 0 Å². The number of nitrogens with zero attached hydrogens (tertiary/aromatic N) is 2. The minimum Gasteiger partial charge on any atom is -0.376 e. The van der Waals surface area contributed by atoms with E-state index in [2.05, 4.69) is 41.3 Å². The zero-order valence-electron chi connectivity index (χ0n) is 11.8. The van der Waals surface area contributed by atoms with Gasteiger partial charge in [0.2, 0.25) is 0 Å². The molecule has 2 fully saturated rings. The van der Waals surface area contributed by atoms with Gasteiger partial charge in [0.25, 0.3) is 0 Å². The molecule has 1 aromatic heterocycles. The maximum absolute atomic E-state index is 5.66. The highest BCUT2D eigenvalue weighted by atomic mass is 16.5. The number of pyridine rings is 1. The maximum atomic E-state index is 5.66. The lowest BCUT2D eigenvalue weighted by molar-refractivity contribution is 0.118. The fourth-order valence-electron chi connectivity index (χ4n) is 2.74. The topological polar surface area (TPSA) is 37.4 Å². The molecule has 0 radical (unpaired) electrons. The lowest BCUT2D eigenvalue weighted by Crippen LogP contribution is -2.36. The molecule has 0 bridgehead atoms. The van der Waals surface area contributed by atoms with Crippen molar-refractivity contribution in [2.45, 2.75) is 50.9 Å². The van der Waals surface area contributed by atoms with Gasteiger partial charge in [0.05, 0.1) is 17.8 Å². The van der Waals surface area contributed by atoms with Crippen LogP contribution in [-0.4, -0.2) is 36.8 Å². The van der Waals surface area contributed by atoms with Gasteiger partial charge in [-0.25, -0.2) is 0 Å². The third-order valence-electron chi connectivity index (χ3n) is 4.19. The van der Waals surface area contributed by atoms with E-state index >= 15 is 0 Å². The van der Waals surface area contributed by atoms with Crippen molar-refractivity contribution in [2.24, 2.45) is 0 Å². The molecule has 2 aliphatic rings. The van der Waals surface area contributed by atoms with Crippen molar-refractivity contribution >= 4 is 5.69 Å². The second kappa shape index (κ2) is 5.47. The molecule has 1 saturated heterocycles. The third kappa shape index (κ3) is 3.07. The van der Waals surface area contributed by atoms with Gasteiger partial charge < -0.3 is 15.0 Å². The number of anilines is 1. The summed E-state index contributed by atoms with van der Waals surface area (Å²) in [5.41, 5.74) is 2.37. The summed E-state index contributed by atoms with van der Waals surface area (Å²) in [6, 6.07) is 5.49. The Morgan fingerprint density at radius 2 is 2.26 bits per heavy atom. The van der Waals surface area contributed by atoms with Gasteiger partial charge in [0, 0.05) is 38.1 Å². The summed E-state index contributed by atoms with van der Waals surface area (Å²) >= 11 is 0. The van der Waals surface area contributed by atoms with Crippen molar-refractivity contribution in [3.8, 4) is 0 Å². The summed E-state index contributed by atoms with van der Waals surface area (Å²) in [6.45, 7) is 3.91. The van der Waals surface area contributed by atoms with Crippen LogP contribution in [0.3, 0.4) is 0 Å². The van der Waals surface area contributed by atoms with E-state index in [1.54, 1.807) is 0 Å². The molecule has 2 heterocycles. The molecule has 4 nitrogen and oxygen atoms in total. The van der Waals surface area contributed by atoms with Gasteiger partial charge >= 0.3 is 0 Å². The van der Waals surface area contributed by atoms with E-state index in [1.165, 1.54) is 18.5 Å². The van der Waals surface area contributed by atoms with Crippen LogP contribution in [0.1, 0.15) is 31.9 Å². The lowest BCUT2D eigenvalue weighted by atomic mass is 10.1. The molecule has 1 aliphatic heterocycles. The molecule has 1 saturated carbocycles. The van der Waals surface area contributed by atoms with Crippen LogP contribution < -0.4 is 10.2 Å². The van der Waals surface area contributed by atoms with E-state index in [-0.39, 0.29) is 0 Å². The van der Waals surface area contributed by atoms with Crippen LogP contribution in [0.25, 0.3) is 0 Å². The monoisotopic (exact) mass is 261 g/mol. The molecule has 1 N–H and O–H groups in total. The largest absolute Gasteiger partial charge is 0.376 e. The van der Waals surface area contributed by atoms with Crippen LogP contribution in [0.2, 0.25) is 0 Å². The molecule has 2 unspecified atom stereocenters. The molecule has 0 amide bonds. The zero-order valence-corrected chi connectivity index (χ0v) is 11.8. The van der Waals surface area contributed by atoms with Crippen LogP contribution in [0.5, 0.6) is 0 Å². The van der Waals surface area contributed by atoms with E-state index in [4.69, 9.17) is 4.74 Å². The highest BCUT2D eigenvalue weighted by Crippen LogP contribution is 2.24. The summed E-state index contributed by atoms with van der Waals surface area (Å²) < 4.78 is 5.66. The summed E-state index contributed by atoms with van der Waals surface area (Å²) in [7, 11) is 2.16. The first-order chi connectivity index (χ1) is 9.24. The predicted octanol–water partition coefficient (Wildman–Crippen LogP) is 1.95. The number of nitrogens with one attached hydrogen (secondary N) is 1. The Bertz CT molecular complexity index is 433. The van der Waals surface area contributed by atoms with Crippen molar-refractivity contribution in [1.29, 1.82) is 0 Å². The second-order valence-corrected chi connectivity index (χ2v) is 5.70. The molecule has 2 atom stereocenters. The van der Waals surface area contributed by atoms with Gasteiger partial charge in [-0.2, -0.15) is 0 Å². The Labute approximate surface area is 115 Å². The Morgan fingerprint density at radius 1 is 1.42 bits per heavy atom. The van der Waals surface area contributed by atoms with Crippen LogP contribution in [0.4, 0.5) is 5.69 Å². The van der Waals surface area contributed by atoms with E-state index in [1.807, 2.05) is 6.20 Å². The summed E-state index contributed by atoms with van der Waals surface area (Å²) in [4.78, 5) is 6.78. The predicted molar refractivity (Wildman–Crippen MR) is 76.3 cm³/mol. The quantitative estimate of drug-likeness (QED) is 0.879. The maximum Gasteiger partial charge on any atom is 0.0750 e. The van der Waals surface area contributed by atoms with Crippen molar-refractivity contribution in [3.63, 3.8) is 0 Å². The Kier molecular flexibility index (Phi) is 3.71. The number of rotatable bonds is 5. The van der Waals surface area contributed by atoms with Gasteiger partial charge in [0.15, 0.2) is 0 Å². The minimum atomic E-state index is 0.311.